The topological polar surface area (TPSA) is 49.4 Å². The highest BCUT2D eigenvalue weighted by atomic mass is 79.9. The van der Waals surface area contributed by atoms with E-state index in [4.69, 9.17) is 0 Å². The molecule has 0 aliphatic heterocycles. The van der Waals surface area contributed by atoms with Gasteiger partial charge >= 0.3 is 0 Å². The van der Waals surface area contributed by atoms with Crippen LogP contribution in [-0.2, 0) is 21.9 Å². The molecule has 30 heavy (non-hydrogen) atoms. The van der Waals surface area contributed by atoms with Crippen molar-refractivity contribution >= 4 is 39.5 Å². The molecule has 0 fully saturated rings. The molecule has 2 rings (SSSR count). The monoisotopic (exact) mass is 494 g/mol. The lowest BCUT2D eigenvalue weighted by Gasteiger charge is -2.31. The number of halogens is 2. The average Bonchev–Trinajstić information content (AvgIpc) is 2.67. The summed E-state index contributed by atoms with van der Waals surface area (Å²) in [5, 5.41) is 2.90. The third-order valence-corrected chi connectivity index (χ3v) is 5.89. The fourth-order valence-corrected chi connectivity index (χ4v) is 3.92. The highest BCUT2D eigenvalue weighted by molar-refractivity contribution is 9.10. The van der Waals surface area contributed by atoms with Crippen LogP contribution < -0.4 is 5.32 Å². The predicted octanol–water partition coefficient (Wildman–Crippen LogP) is 5.15. The molecule has 0 radical (unpaired) electrons. The fraction of sp³-hybridized carbons (Fsp3) is 0.391. The number of nitrogens with one attached hydrogen (secondary N) is 1. The average molecular weight is 495 g/mol. The Morgan fingerprint density at radius 2 is 1.77 bits per heavy atom. The van der Waals surface area contributed by atoms with Gasteiger partial charge in [-0.1, -0.05) is 46.3 Å². The number of carbonyl (C=O) groups is 2. The fourth-order valence-electron chi connectivity index (χ4n) is 2.79. The summed E-state index contributed by atoms with van der Waals surface area (Å²) >= 11 is 4.88. The summed E-state index contributed by atoms with van der Waals surface area (Å²) in [4.78, 5) is 27.2. The molecule has 7 heteroatoms. The van der Waals surface area contributed by atoms with Crippen LogP contribution in [0.15, 0.2) is 53.0 Å². The second kappa shape index (κ2) is 11.0. The molecule has 2 aromatic rings. The summed E-state index contributed by atoms with van der Waals surface area (Å²) in [6, 6.07) is 13.5. The molecule has 0 aliphatic rings. The maximum absolute atomic E-state index is 14.2. The molecule has 4 nitrogen and oxygen atoms in total. The zero-order valence-electron chi connectivity index (χ0n) is 17.7. The van der Waals surface area contributed by atoms with Crippen LogP contribution >= 0.6 is 27.7 Å². The molecule has 0 bridgehead atoms. The molecular formula is C23H28BrFN2O2S. The van der Waals surface area contributed by atoms with Crippen molar-refractivity contribution in [3.05, 3.63) is 69.9 Å². The highest BCUT2D eigenvalue weighted by Crippen LogP contribution is 2.19. The van der Waals surface area contributed by atoms with E-state index in [9.17, 15) is 14.0 Å². The van der Waals surface area contributed by atoms with Crippen molar-refractivity contribution in [3.63, 3.8) is 0 Å². The van der Waals surface area contributed by atoms with Crippen LogP contribution in [0.5, 0.6) is 0 Å². The van der Waals surface area contributed by atoms with E-state index >= 15 is 0 Å². The molecule has 0 spiro atoms. The molecule has 0 unspecified atom stereocenters. The number of thioether (sulfide) groups is 1. The van der Waals surface area contributed by atoms with Crippen LogP contribution in [0.1, 0.15) is 38.8 Å². The number of hydrogen-bond donors (Lipinski definition) is 1. The van der Waals surface area contributed by atoms with Crippen LogP contribution in [-0.4, -0.2) is 34.0 Å². The van der Waals surface area contributed by atoms with Crippen LogP contribution in [0.4, 0.5) is 4.39 Å². The lowest BCUT2D eigenvalue weighted by molar-refractivity contribution is -0.139. The van der Waals surface area contributed by atoms with E-state index in [0.29, 0.717) is 11.3 Å². The summed E-state index contributed by atoms with van der Waals surface area (Å²) in [7, 11) is 0. The first-order valence-electron chi connectivity index (χ1n) is 9.74. The first-order valence-corrected chi connectivity index (χ1v) is 11.7. The molecule has 2 aromatic carbocycles. The minimum atomic E-state index is -0.718. The Hall–Kier alpha value is -1.86. The van der Waals surface area contributed by atoms with Crippen molar-refractivity contribution < 1.29 is 14.0 Å². The number of carbonyl (C=O) groups excluding carboxylic acids is 2. The minimum absolute atomic E-state index is 0.0447. The summed E-state index contributed by atoms with van der Waals surface area (Å²) < 4.78 is 15.2. The largest absolute Gasteiger partial charge is 0.350 e. The Kier molecular flexibility index (Phi) is 8.92. The standard InChI is InChI=1S/C23H28BrFN2O2S/c1-16(22(29)26-23(2,3)4)27(13-18-7-5-6-8-20(18)25)21(28)15-30-14-17-9-11-19(24)12-10-17/h5-12,16H,13-15H2,1-4H3,(H,26,29)/t16-/m0/s1. The van der Waals surface area contributed by atoms with Crippen LogP contribution in [0.2, 0.25) is 0 Å². The van der Waals surface area contributed by atoms with Gasteiger partial charge in [0, 0.05) is 27.9 Å². The first kappa shape index (κ1) is 24.4. The van der Waals surface area contributed by atoms with Crippen LogP contribution in [0.25, 0.3) is 0 Å². The van der Waals surface area contributed by atoms with Crippen molar-refractivity contribution in [1.29, 1.82) is 0 Å². The summed E-state index contributed by atoms with van der Waals surface area (Å²) in [5.41, 5.74) is 1.07. The lowest BCUT2D eigenvalue weighted by atomic mass is 10.1. The van der Waals surface area contributed by atoms with E-state index in [0.717, 1.165) is 10.0 Å². The second-order valence-corrected chi connectivity index (χ2v) is 10.0. The van der Waals surface area contributed by atoms with E-state index in [-0.39, 0.29) is 29.9 Å². The Labute approximate surface area is 190 Å². The summed E-state index contributed by atoms with van der Waals surface area (Å²) in [6.45, 7) is 7.38. The minimum Gasteiger partial charge on any atom is -0.350 e. The van der Waals surface area contributed by atoms with Gasteiger partial charge in [-0.25, -0.2) is 4.39 Å². The Bertz CT molecular complexity index is 868. The van der Waals surface area contributed by atoms with E-state index in [1.165, 1.54) is 22.7 Å². The van der Waals surface area contributed by atoms with E-state index in [1.54, 1.807) is 25.1 Å². The predicted molar refractivity (Wildman–Crippen MR) is 125 cm³/mol. The van der Waals surface area contributed by atoms with Gasteiger partial charge in [-0.2, -0.15) is 0 Å². The van der Waals surface area contributed by atoms with E-state index in [1.807, 2.05) is 45.0 Å². The molecule has 1 N–H and O–H groups in total. The van der Waals surface area contributed by atoms with Crippen molar-refractivity contribution in [3.8, 4) is 0 Å². The van der Waals surface area contributed by atoms with Gasteiger partial charge < -0.3 is 10.2 Å². The molecule has 162 valence electrons. The molecule has 0 saturated heterocycles. The third kappa shape index (κ3) is 7.76. The quantitative estimate of drug-likeness (QED) is 0.551. The van der Waals surface area contributed by atoms with Gasteiger partial charge in [-0.05, 0) is 51.5 Å². The molecule has 0 aliphatic carbocycles. The van der Waals surface area contributed by atoms with Gasteiger partial charge in [0.1, 0.15) is 11.9 Å². The van der Waals surface area contributed by atoms with Gasteiger partial charge in [-0.15, -0.1) is 11.8 Å². The Morgan fingerprint density at radius 3 is 2.37 bits per heavy atom. The van der Waals surface area contributed by atoms with Crippen LogP contribution in [0.3, 0.4) is 0 Å². The molecule has 0 aromatic heterocycles. The number of nitrogens with zero attached hydrogens (tertiary/aromatic N) is 1. The van der Waals surface area contributed by atoms with Crippen molar-refractivity contribution in [2.75, 3.05) is 5.75 Å². The zero-order valence-corrected chi connectivity index (χ0v) is 20.1. The van der Waals surface area contributed by atoms with Gasteiger partial charge in [0.25, 0.3) is 0 Å². The number of amides is 2. The lowest BCUT2D eigenvalue weighted by Crippen LogP contribution is -2.52. The van der Waals surface area contributed by atoms with Gasteiger partial charge in [0.2, 0.25) is 11.8 Å². The molecule has 1 atom stereocenters. The maximum Gasteiger partial charge on any atom is 0.242 e. The van der Waals surface area contributed by atoms with E-state index < -0.39 is 11.6 Å². The number of hydrogen-bond acceptors (Lipinski definition) is 3. The molecule has 2 amide bonds. The second-order valence-electron chi connectivity index (χ2n) is 8.15. The Morgan fingerprint density at radius 1 is 1.13 bits per heavy atom. The van der Waals surface area contributed by atoms with Crippen molar-refractivity contribution in [2.45, 2.75) is 51.6 Å². The SMILES string of the molecule is C[C@@H](C(=O)NC(C)(C)C)N(Cc1ccccc1F)C(=O)CSCc1ccc(Br)cc1. The number of benzene rings is 2. The molecule has 0 saturated carbocycles. The van der Waals surface area contributed by atoms with Gasteiger partial charge in [0.15, 0.2) is 0 Å². The zero-order chi connectivity index (χ0) is 22.3. The van der Waals surface area contributed by atoms with E-state index in [2.05, 4.69) is 21.2 Å². The first-order chi connectivity index (χ1) is 14.1. The Balaban J connectivity index is 2.10. The number of rotatable bonds is 8. The van der Waals surface area contributed by atoms with Gasteiger partial charge in [-0.3, -0.25) is 9.59 Å². The van der Waals surface area contributed by atoms with Crippen LogP contribution in [0, 0.1) is 5.82 Å². The third-order valence-electron chi connectivity index (χ3n) is 4.37. The highest BCUT2D eigenvalue weighted by Gasteiger charge is 2.28. The van der Waals surface area contributed by atoms with Gasteiger partial charge in [0.05, 0.1) is 5.75 Å². The van der Waals surface area contributed by atoms with Crippen molar-refractivity contribution in [2.24, 2.45) is 0 Å². The van der Waals surface area contributed by atoms with Crippen molar-refractivity contribution in [1.82, 2.24) is 10.2 Å². The smallest absolute Gasteiger partial charge is 0.242 e. The maximum atomic E-state index is 14.2. The molecule has 0 heterocycles. The summed E-state index contributed by atoms with van der Waals surface area (Å²) in [5.74, 6) is 0.0375. The normalized spacial score (nSPS) is 12.3. The summed E-state index contributed by atoms with van der Waals surface area (Å²) in [6.07, 6.45) is 0. The molecular weight excluding hydrogens is 467 g/mol.